The molecule has 2 aromatic carbocycles. The van der Waals surface area contributed by atoms with Crippen molar-refractivity contribution < 1.29 is 4.79 Å². The summed E-state index contributed by atoms with van der Waals surface area (Å²) < 4.78 is 1.66. The lowest BCUT2D eigenvalue weighted by molar-refractivity contribution is 0.0939. The van der Waals surface area contributed by atoms with Crippen LogP contribution in [0.15, 0.2) is 51.4 Å². The van der Waals surface area contributed by atoms with E-state index >= 15 is 0 Å². The van der Waals surface area contributed by atoms with E-state index in [2.05, 4.69) is 37.2 Å². The van der Waals surface area contributed by atoms with E-state index in [0.29, 0.717) is 15.1 Å². The summed E-state index contributed by atoms with van der Waals surface area (Å²) >= 11 is 12.7. The first-order valence-corrected chi connectivity index (χ1v) is 7.96. The van der Waals surface area contributed by atoms with Crippen molar-refractivity contribution in [1.82, 2.24) is 5.32 Å². The highest BCUT2D eigenvalue weighted by molar-refractivity contribution is 9.10. The number of halogens is 3. The van der Waals surface area contributed by atoms with E-state index in [4.69, 9.17) is 11.6 Å². The normalized spacial score (nSPS) is 12.0. The van der Waals surface area contributed by atoms with E-state index in [0.717, 1.165) is 10.0 Å². The van der Waals surface area contributed by atoms with E-state index < -0.39 is 0 Å². The van der Waals surface area contributed by atoms with Crippen molar-refractivity contribution in [1.29, 1.82) is 0 Å². The summed E-state index contributed by atoms with van der Waals surface area (Å²) in [4.78, 5) is 12.3. The molecule has 0 saturated carbocycles. The van der Waals surface area contributed by atoms with Gasteiger partial charge in [-0.15, -0.1) is 0 Å². The molecule has 0 aliphatic heterocycles. The van der Waals surface area contributed by atoms with Gasteiger partial charge in [-0.05, 0) is 52.7 Å². The maximum atomic E-state index is 12.3. The predicted octanol–water partition coefficient (Wildman–Crippen LogP) is 5.36. The molecule has 0 bridgehead atoms. The van der Waals surface area contributed by atoms with Crippen molar-refractivity contribution in [3.8, 4) is 0 Å². The number of benzene rings is 2. The highest BCUT2D eigenvalue weighted by Gasteiger charge is 2.15. The molecule has 0 spiro atoms. The SMILES string of the molecule is CC(NC(=O)c1ccc(Cl)cc1Br)c1ccccc1Br. The third-order valence-electron chi connectivity index (χ3n) is 2.90. The molecule has 2 aromatic rings. The molecule has 1 amide bonds. The first-order valence-electron chi connectivity index (χ1n) is 5.99. The quantitative estimate of drug-likeness (QED) is 0.716. The monoisotopic (exact) mass is 415 g/mol. The molecule has 104 valence electrons. The van der Waals surface area contributed by atoms with Crippen molar-refractivity contribution >= 4 is 49.4 Å². The van der Waals surface area contributed by atoms with Crippen molar-refractivity contribution in [3.63, 3.8) is 0 Å². The highest BCUT2D eigenvalue weighted by atomic mass is 79.9. The summed E-state index contributed by atoms with van der Waals surface area (Å²) in [7, 11) is 0. The Labute approximate surface area is 139 Å². The van der Waals surface area contributed by atoms with E-state index in [1.54, 1.807) is 18.2 Å². The lowest BCUT2D eigenvalue weighted by Gasteiger charge is -2.16. The lowest BCUT2D eigenvalue weighted by Crippen LogP contribution is -2.27. The van der Waals surface area contributed by atoms with Gasteiger partial charge in [0.15, 0.2) is 0 Å². The van der Waals surface area contributed by atoms with Crippen LogP contribution in [0.25, 0.3) is 0 Å². The van der Waals surface area contributed by atoms with Crippen LogP contribution in [-0.4, -0.2) is 5.91 Å². The summed E-state index contributed by atoms with van der Waals surface area (Å²) in [5, 5.41) is 3.56. The topological polar surface area (TPSA) is 29.1 Å². The van der Waals surface area contributed by atoms with Crippen LogP contribution in [0, 0.1) is 0 Å². The predicted molar refractivity (Wildman–Crippen MR) is 89.2 cm³/mol. The maximum Gasteiger partial charge on any atom is 0.252 e. The zero-order valence-corrected chi connectivity index (χ0v) is 14.6. The third kappa shape index (κ3) is 3.62. The average Bonchev–Trinajstić information content (AvgIpc) is 2.38. The smallest absolute Gasteiger partial charge is 0.252 e. The number of nitrogens with one attached hydrogen (secondary N) is 1. The van der Waals surface area contributed by atoms with Gasteiger partial charge in [0.2, 0.25) is 0 Å². The molecular formula is C15H12Br2ClNO. The molecule has 1 N–H and O–H groups in total. The van der Waals surface area contributed by atoms with E-state index in [1.165, 1.54) is 0 Å². The van der Waals surface area contributed by atoms with E-state index in [-0.39, 0.29) is 11.9 Å². The van der Waals surface area contributed by atoms with Gasteiger partial charge in [-0.3, -0.25) is 4.79 Å². The maximum absolute atomic E-state index is 12.3. The molecule has 0 radical (unpaired) electrons. The van der Waals surface area contributed by atoms with Crippen LogP contribution < -0.4 is 5.32 Å². The Morgan fingerprint density at radius 2 is 1.85 bits per heavy atom. The first kappa shape index (κ1) is 15.5. The lowest BCUT2D eigenvalue weighted by atomic mass is 10.1. The first-order chi connectivity index (χ1) is 9.49. The minimum absolute atomic E-state index is 0.0966. The molecule has 2 nitrogen and oxygen atoms in total. The molecule has 5 heteroatoms. The van der Waals surface area contributed by atoms with E-state index in [1.807, 2.05) is 31.2 Å². The average molecular weight is 418 g/mol. The molecule has 1 unspecified atom stereocenters. The fraction of sp³-hybridized carbons (Fsp3) is 0.133. The molecule has 1 atom stereocenters. The van der Waals surface area contributed by atoms with Crippen molar-refractivity contribution in [2.75, 3.05) is 0 Å². The van der Waals surface area contributed by atoms with Crippen LogP contribution in [0.3, 0.4) is 0 Å². The van der Waals surface area contributed by atoms with Crippen molar-refractivity contribution in [2.24, 2.45) is 0 Å². The van der Waals surface area contributed by atoms with Crippen LogP contribution in [0.1, 0.15) is 28.9 Å². The van der Waals surface area contributed by atoms with Gasteiger partial charge in [0.25, 0.3) is 5.91 Å². The van der Waals surface area contributed by atoms with Crippen LogP contribution in [0.2, 0.25) is 5.02 Å². The summed E-state index contributed by atoms with van der Waals surface area (Å²) in [5.74, 6) is -0.142. The molecule has 2 rings (SSSR count). The summed E-state index contributed by atoms with van der Waals surface area (Å²) in [5.41, 5.74) is 1.60. The van der Waals surface area contributed by atoms with Gasteiger partial charge >= 0.3 is 0 Å². The third-order valence-corrected chi connectivity index (χ3v) is 4.51. The Hall–Kier alpha value is -0.840. The zero-order valence-electron chi connectivity index (χ0n) is 10.7. The van der Waals surface area contributed by atoms with E-state index in [9.17, 15) is 4.79 Å². The van der Waals surface area contributed by atoms with Crippen molar-refractivity contribution in [2.45, 2.75) is 13.0 Å². The van der Waals surface area contributed by atoms with Crippen molar-refractivity contribution in [3.05, 3.63) is 67.6 Å². The standard InChI is InChI=1S/C15H12Br2ClNO/c1-9(11-4-2-3-5-13(11)16)19-15(20)12-7-6-10(18)8-14(12)17/h2-9H,1H3,(H,19,20). The molecule has 0 fully saturated rings. The molecule has 0 aliphatic carbocycles. The fourth-order valence-corrected chi connectivity index (χ4v) is 3.34. The molecule has 0 heterocycles. The Morgan fingerprint density at radius 1 is 1.15 bits per heavy atom. The number of carbonyl (C=O) groups excluding carboxylic acids is 1. The minimum Gasteiger partial charge on any atom is -0.345 e. The molecule has 0 aliphatic rings. The second-order valence-corrected chi connectivity index (χ2v) is 6.49. The van der Waals surface area contributed by atoms with Gasteiger partial charge in [-0.1, -0.05) is 45.7 Å². The van der Waals surface area contributed by atoms with Gasteiger partial charge in [0, 0.05) is 14.0 Å². The molecule has 0 saturated heterocycles. The zero-order chi connectivity index (χ0) is 14.7. The van der Waals surface area contributed by atoms with Crippen LogP contribution >= 0.6 is 43.5 Å². The second-order valence-electron chi connectivity index (χ2n) is 4.34. The Morgan fingerprint density at radius 3 is 2.50 bits per heavy atom. The summed E-state index contributed by atoms with van der Waals surface area (Å²) in [6, 6.07) is 12.8. The number of hydrogen-bond acceptors (Lipinski definition) is 1. The molecule has 0 aromatic heterocycles. The summed E-state index contributed by atoms with van der Waals surface area (Å²) in [6.07, 6.45) is 0. The van der Waals surface area contributed by atoms with Gasteiger partial charge in [0.05, 0.1) is 11.6 Å². The Balaban J connectivity index is 2.17. The van der Waals surface area contributed by atoms with Gasteiger partial charge < -0.3 is 5.32 Å². The number of hydrogen-bond donors (Lipinski definition) is 1. The highest BCUT2D eigenvalue weighted by Crippen LogP contribution is 2.25. The summed E-state index contributed by atoms with van der Waals surface area (Å²) in [6.45, 7) is 1.95. The van der Waals surface area contributed by atoms with Crippen LogP contribution in [0.5, 0.6) is 0 Å². The number of amides is 1. The van der Waals surface area contributed by atoms with Gasteiger partial charge in [0.1, 0.15) is 0 Å². The number of carbonyl (C=O) groups is 1. The molecule has 20 heavy (non-hydrogen) atoms. The fourth-order valence-electron chi connectivity index (χ4n) is 1.85. The minimum atomic E-state index is -0.142. The Kier molecular flexibility index (Phi) is 5.24. The largest absolute Gasteiger partial charge is 0.345 e. The van der Waals surface area contributed by atoms with Gasteiger partial charge in [-0.2, -0.15) is 0 Å². The Bertz CT molecular complexity index is 646. The molecular weight excluding hydrogens is 405 g/mol. The van der Waals surface area contributed by atoms with Crippen LogP contribution in [0.4, 0.5) is 0 Å². The second kappa shape index (κ2) is 6.74. The van der Waals surface area contributed by atoms with Crippen LogP contribution in [-0.2, 0) is 0 Å². The number of rotatable bonds is 3. The van der Waals surface area contributed by atoms with Gasteiger partial charge in [-0.25, -0.2) is 0 Å².